The summed E-state index contributed by atoms with van der Waals surface area (Å²) in [5, 5.41) is 3.05. The van der Waals surface area contributed by atoms with E-state index in [0.29, 0.717) is 5.92 Å². The van der Waals surface area contributed by atoms with Crippen LogP contribution in [0.4, 0.5) is 5.69 Å². The maximum Gasteiger partial charge on any atom is 0.226 e. The number of amides is 1. The van der Waals surface area contributed by atoms with E-state index >= 15 is 0 Å². The van der Waals surface area contributed by atoms with Crippen molar-refractivity contribution in [3.05, 3.63) is 131 Å². The molecule has 1 heterocycles. The van der Waals surface area contributed by atoms with E-state index in [1.807, 2.05) is 19.9 Å². The van der Waals surface area contributed by atoms with Crippen LogP contribution in [0.15, 0.2) is 109 Å². The average molecular weight is 547 g/mol. The lowest BCUT2D eigenvalue weighted by atomic mass is 9.89. The lowest BCUT2D eigenvalue weighted by molar-refractivity contribution is -0.118. The van der Waals surface area contributed by atoms with Gasteiger partial charge in [0.1, 0.15) is 11.9 Å². The summed E-state index contributed by atoms with van der Waals surface area (Å²) in [5.74, 6) is 1.48. The topological polar surface area (TPSA) is 41.6 Å². The molecule has 0 saturated carbocycles. The Morgan fingerprint density at radius 1 is 0.829 bits per heavy atom. The van der Waals surface area contributed by atoms with Crippen LogP contribution < -0.4 is 10.1 Å². The number of carbonyl (C=O) groups is 1. The van der Waals surface area contributed by atoms with Crippen molar-refractivity contribution in [2.75, 3.05) is 25.0 Å². The third-order valence-electron chi connectivity index (χ3n) is 8.07. The summed E-state index contributed by atoms with van der Waals surface area (Å²) in [6.45, 7) is 6.99. The van der Waals surface area contributed by atoms with Crippen molar-refractivity contribution < 1.29 is 9.53 Å². The van der Waals surface area contributed by atoms with Crippen LogP contribution in [0.5, 0.6) is 5.75 Å². The number of anilines is 1. The molecule has 1 atom stereocenters. The predicted molar refractivity (Wildman–Crippen MR) is 168 cm³/mol. The van der Waals surface area contributed by atoms with Crippen molar-refractivity contribution in [1.82, 2.24) is 4.90 Å². The molecule has 1 aliphatic heterocycles. The first-order valence-corrected chi connectivity index (χ1v) is 15.0. The minimum absolute atomic E-state index is 0.00940. The molecule has 212 valence electrons. The largest absolute Gasteiger partial charge is 0.486 e. The molecule has 4 aromatic carbocycles. The second-order valence-corrected chi connectivity index (χ2v) is 11.5. The molecule has 1 amide bonds. The molecule has 1 fully saturated rings. The highest BCUT2D eigenvalue weighted by Crippen LogP contribution is 2.31. The molecule has 0 spiro atoms. The van der Waals surface area contributed by atoms with Gasteiger partial charge in [-0.2, -0.15) is 0 Å². The first-order chi connectivity index (χ1) is 20.0. The van der Waals surface area contributed by atoms with Gasteiger partial charge in [-0.15, -0.1) is 0 Å². The minimum atomic E-state index is -0.0235. The van der Waals surface area contributed by atoms with Crippen LogP contribution in [0.25, 0.3) is 0 Å². The Balaban J connectivity index is 1.16. The summed E-state index contributed by atoms with van der Waals surface area (Å²) < 4.78 is 6.59. The third kappa shape index (κ3) is 8.31. The second-order valence-electron chi connectivity index (χ2n) is 11.5. The van der Waals surface area contributed by atoms with Crippen LogP contribution in [0.2, 0.25) is 0 Å². The summed E-state index contributed by atoms with van der Waals surface area (Å²) in [6, 6.07) is 38.2. The van der Waals surface area contributed by atoms with Crippen molar-refractivity contribution in [2.24, 2.45) is 5.92 Å². The molecular weight excluding hydrogens is 504 g/mol. The molecule has 4 aromatic rings. The standard InChI is InChI=1S/C37H42N2O2/c1-28(2)37(40)38-34-15-9-14-33(27-34)31-20-23-39(24-21-31)25-22-36(32-12-7-4-8-13-32)41-35-18-16-30(17-19-35)26-29-10-5-3-6-11-29/h3-19,27-28,31,36H,20-26H2,1-2H3,(H,38,40). The van der Waals surface area contributed by atoms with Gasteiger partial charge in [-0.25, -0.2) is 0 Å². The van der Waals surface area contributed by atoms with Gasteiger partial charge in [0.25, 0.3) is 0 Å². The average Bonchev–Trinajstić information content (AvgIpc) is 3.01. The van der Waals surface area contributed by atoms with Crippen LogP contribution in [0.3, 0.4) is 0 Å². The van der Waals surface area contributed by atoms with Gasteiger partial charge in [-0.1, -0.05) is 98.8 Å². The third-order valence-corrected chi connectivity index (χ3v) is 8.07. The zero-order valence-corrected chi connectivity index (χ0v) is 24.3. The normalized spacial score (nSPS) is 15.0. The van der Waals surface area contributed by atoms with Gasteiger partial charge in [-0.05, 0) is 84.8 Å². The van der Waals surface area contributed by atoms with Gasteiger partial charge in [0.05, 0.1) is 0 Å². The van der Waals surface area contributed by atoms with E-state index in [-0.39, 0.29) is 17.9 Å². The van der Waals surface area contributed by atoms with Crippen LogP contribution in [-0.4, -0.2) is 30.4 Å². The van der Waals surface area contributed by atoms with Crippen LogP contribution in [0, 0.1) is 5.92 Å². The molecule has 0 aliphatic carbocycles. The minimum Gasteiger partial charge on any atom is -0.486 e. The highest BCUT2D eigenvalue weighted by molar-refractivity contribution is 5.92. The molecule has 0 radical (unpaired) electrons. The first kappa shape index (κ1) is 28.6. The number of likely N-dealkylation sites (tertiary alicyclic amines) is 1. The van der Waals surface area contributed by atoms with Gasteiger partial charge < -0.3 is 15.0 Å². The molecule has 1 unspecified atom stereocenters. The Morgan fingerprint density at radius 3 is 2.17 bits per heavy atom. The molecule has 5 rings (SSSR count). The zero-order valence-electron chi connectivity index (χ0n) is 24.3. The molecular formula is C37H42N2O2. The Morgan fingerprint density at radius 2 is 1.49 bits per heavy atom. The number of piperidine rings is 1. The van der Waals surface area contributed by atoms with Gasteiger partial charge in [-0.3, -0.25) is 4.79 Å². The van der Waals surface area contributed by atoms with E-state index < -0.39 is 0 Å². The number of hydrogen-bond donors (Lipinski definition) is 1. The number of hydrogen-bond acceptors (Lipinski definition) is 3. The number of benzene rings is 4. The Hall–Kier alpha value is -3.89. The van der Waals surface area contributed by atoms with Crippen LogP contribution >= 0.6 is 0 Å². The van der Waals surface area contributed by atoms with Crippen molar-refractivity contribution in [3.8, 4) is 5.75 Å². The number of rotatable bonds is 11. The predicted octanol–water partition coefficient (Wildman–Crippen LogP) is 8.26. The zero-order chi connectivity index (χ0) is 28.4. The van der Waals surface area contributed by atoms with Crippen LogP contribution in [-0.2, 0) is 11.2 Å². The summed E-state index contributed by atoms with van der Waals surface area (Å²) in [5.41, 5.74) is 6.05. The fourth-order valence-electron chi connectivity index (χ4n) is 5.59. The molecule has 1 saturated heterocycles. The maximum absolute atomic E-state index is 12.1. The molecule has 0 bridgehead atoms. The van der Waals surface area contributed by atoms with Gasteiger partial charge in [0.15, 0.2) is 0 Å². The molecule has 41 heavy (non-hydrogen) atoms. The van der Waals surface area contributed by atoms with Crippen molar-refractivity contribution >= 4 is 11.6 Å². The summed E-state index contributed by atoms with van der Waals surface area (Å²) in [6.07, 6.45) is 4.13. The van der Waals surface area contributed by atoms with Crippen LogP contribution in [0.1, 0.15) is 67.4 Å². The van der Waals surface area contributed by atoms with Crippen molar-refractivity contribution in [1.29, 1.82) is 0 Å². The monoisotopic (exact) mass is 546 g/mol. The first-order valence-electron chi connectivity index (χ1n) is 15.0. The highest BCUT2D eigenvalue weighted by atomic mass is 16.5. The van der Waals surface area contributed by atoms with E-state index in [1.54, 1.807) is 0 Å². The quantitative estimate of drug-likeness (QED) is 0.206. The summed E-state index contributed by atoms with van der Waals surface area (Å²) in [4.78, 5) is 14.7. The van der Waals surface area contributed by atoms with E-state index in [1.165, 1.54) is 22.3 Å². The molecule has 0 aromatic heterocycles. The fraction of sp³-hybridized carbons (Fsp3) is 0.324. The number of nitrogens with one attached hydrogen (secondary N) is 1. The molecule has 4 heteroatoms. The summed E-state index contributed by atoms with van der Waals surface area (Å²) >= 11 is 0. The molecule has 1 N–H and O–H groups in total. The van der Waals surface area contributed by atoms with Gasteiger partial charge in [0.2, 0.25) is 5.91 Å². The Kier molecular flexibility index (Phi) is 9.87. The molecule has 1 aliphatic rings. The smallest absolute Gasteiger partial charge is 0.226 e. The van der Waals surface area contributed by atoms with E-state index in [0.717, 1.165) is 56.8 Å². The lowest BCUT2D eigenvalue weighted by Crippen LogP contribution is -2.34. The van der Waals surface area contributed by atoms with Gasteiger partial charge in [0, 0.05) is 24.6 Å². The number of ether oxygens (including phenoxy) is 1. The Bertz CT molecular complexity index is 1360. The maximum atomic E-state index is 12.1. The fourth-order valence-corrected chi connectivity index (χ4v) is 5.59. The lowest BCUT2D eigenvalue weighted by Gasteiger charge is -2.33. The van der Waals surface area contributed by atoms with Gasteiger partial charge >= 0.3 is 0 Å². The second kappa shape index (κ2) is 14.1. The van der Waals surface area contributed by atoms with Crippen molar-refractivity contribution in [3.63, 3.8) is 0 Å². The summed E-state index contributed by atoms with van der Waals surface area (Å²) in [7, 11) is 0. The number of nitrogens with zero attached hydrogens (tertiary/aromatic N) is 1. The Labute approximate surface area is 245 Å². The van der Waals surface area contributed by atoms with E-state index in [4.69, 9.17) is 4.74 Å². The van der Waals surface area contributed by atoms with Crippen molar-refractivity contribution in [2.45, 2.75) is 51.6 Å². The number of carbonyl (C=O) groups excluding carboxylic acids is 1. The van der Waals surface area contributed by atoms with E-state index in [9.17, 15) is 4.79 Å². The van der Waals surface area contributed by atoms with E-state index in [2.05, 4.69) is 113 Å². The highest BCUT2D eigenvalue weighted by Gasteiger charge is 2.23. The SMILES string of the molecule is CC(C)C(=O)Nc1cccc(C2CCN(CCC(Oc3ccc(Cc4ccccc4)cc3)c3ccccc3)CC2)c1. The molecule has 4 nitrogen and oxygen atoms in total.